The lowest BCUT2D eigenvalue weighted by Crippen LogP contribution is -2.44. The van der Waals surface area contributed by atoms with Gasteiger partial charge in [-0.25, -0.2) is 57.1 Å². The highest BCUT2D eigenvalue weighted by molar-refractivity contribution is 5.84. The Hall–Kier alpha value is -7.90. The number of nitrogens with zero attached hydrogens (tertiary/aromatic N) is 18. The van der Waals surface area contributed by atoms with Crippen LogP contribution in [0, 0.1) is 41.5 Å². The molecule has 3 aromatic carbocycles. The third kappa shape index (κ3) is 18.4. The molecule has 6 aromatic heterocycles. The molecule has 0 spiro atoms. The number of aromatic nitrogens is 12. The average Bonchev–Trinajstić information content (AvgIpc) is 1.59. The Morgan fingerprint density at radius 2 is 0.843 bits per heavy atom. The second-order valence-electron chi connectivity index (χ2n) is 30.4. The number of β-amino-alcohol motifs (C(OH)–C–C–N with tert-alkyl or cyclic N) is 2. The van der Waals surface area contributed by atoms with Gasteiger partial charge in [-0.1, -0.05) is 13.8 Å². The first-order valence-electron chi connectivity index (χ1n) is 38.9. The fourth-order valence-corrected chi connectivity index (χ4v) is 16.6. The summed E-state index contributed by atoms with van der Waals surface area (Å²) in [6, 6.07) is 19.1. The third-order valence-electron chi connectivity index (χ3n) is 22.4. The van der Waals surface area contributed by atoms with Gasteiger partial charge < -0.3 is 59.1 Å². The number of morpholine rings is 3. The van der Waals surface area contributed by atoms with Crippen molar-refractivity contribution in [2.24, 2.45) is 0 Å². The van der Waals surface area contributed by atoms with Gasteiger partial charge in [0.25, 0.3) is 0 Å². The van der Waals surface area contributed by atoms with Crippen LogP contribution in [0.2, 0.25) is 0 Å². The van der Waals surface area contributed by atoms with Gasteiger partial charge in [0.15, 0.2) is 17.5 Å². The largest absolute Gasteiger partial charge is 0.394 e. The number of benzene rings is 3. The van der Waals surface area contributed by atoms with Crippen molar-refractivity contribution in [1.82, 2.24) is 73.9 Å². The summed E-state index contributed by atoms with van der Waals surface area (Å²) in [5.41, 5.74) is 10.2. The molecule has 6 aliphatic heterocycles. The van der Waals surface area contributed by atoms with Gasteiger partial charge in [-0.3, -0.25) is 4.90 Å². The number of anilines is 3. The normalized spacial score (nSPS) is 22.0. The molecule has 8 atom stereocenters. The molecule has 582 valence electrons. The van der Waals surface area contributed by atoms with Gasteiger partial charge in [-0.2, -0.15) is 15.3 Å². The van der Waals surface area contributed by atoms with E-state index in [0.29, 0.717) is 89.0 Å². The number of hydrogen-bond acceptors (Lipinski definition) is 22. The quantitative estimate of drug-likeness (QED) is 0.0554. The molecule has 0 saturated carbocycles. The summed E-state index contributed by atoms with van der Waals surface area (Å²) in [6.45, 7) is 29.2. The average molecular weight is 1490 g/mol. The summed E-state index contributed by atoms with van der Waals surface area (Å²) < 4.78 is 64.6. The lowest BCUT2D eigenvalue weighted by molar-refractivity contribution is 0.00335. The molecular formula is C80H109F3N18O7. The molecule has 0 aliphatic carbocycles. The van der Waals surface area contributed by atoms with E-state index in [-0.39, 0.29) is 30.8 Å². The van der Waals surface area contributed by atoms with E-state index in [4.69, 9.17) is 49.5 Å². The van der Waals surface area contributed by atoms with E-state index in [1.807, 2.05) is 78.7 Å². The molecule has 0 radical (unpaired) electrons. The maximum absolute atomic E-state index is 15.3. The number of rotatable bonds is 20. The minimum absolute atomic E-state index is 0.0349. The van der Waals surface area contributed by atoms with Crippen LogP contribution in [-0.2, 0) is 14.2 Å². The highest BCUT2D eigenvalue weighted by atomic mass is 19.1. The smallest absolute Gasteiger partial charge is 0.159 e. The highest BCUT2D eigenvalue weighted by Crippen LogP contribution is 2.39. The molecule has 4 N–H and O–H groups in total. The highest BCUT2D eigenvalue weighted by Gasteiger charge is 2.34. The summed E-state index contributed by atoms with van der Waals surface area (Å²) in [7, 11) is 0. The molecule has 12 heterocycles. The number of likely N-dealkylation sites (tertiary alicyclic amines) is 3. The molecule has 6 saturated heterocycles. The number of fused-ring (bicyclic) bond motifs is 3. The minimum Gasteiger partial charge on any atom is -0.394 e. The number of aliphatic hydroxyl groups is 4. The van der Waals surface area contributed by atoms with Crippen LogP contribution >= 0.6 is 0 Å². The number of aryl methyl sites for hydroxylation is 6. The maximum atomic E-state index is 15.3. The summed E-state index contributed by atoms with van der Waals surface area (Å²) in [5, 5.41) is 55.1. The zero-order valence-electron chi connectivity index (χ0n) is 64.2. The zero-order chi connectivity index (χ0) is 75.9. The number of halogens is 3. The topological polar surface area (TPSA) is 259 Å². The van der Waals surface area contributed by atoms with Crippen LogP contribution in [0.3, 0.4) is 0 Å². The fourth-order valence-electron chi connectivity index (χ4n) is 16.6. The SMILES string of the molecule is CCC1CN(c2cc(-n3ncc4cc(C)c(C5CCN(CC(F)CO)CC5)cc43)nc(C)n2)CCO1.CCC1CN(c2cc(-n3ncc4cc(C)c(C5CCN(CC(O)CF)CC5)cc43)nc(C)n2)CCO1.Cc1nc(N2CCOC(CO)C2)cc(-n2ncc3cc(C)c(C4CCN(CC(C)O)CC4F)cc32)n1. The van der Waals surface area contributed by atoms with E-state index in [9.17, 15) is 24.1 Å². The number of alkyl halides is 3. The lowest BCUT2D eigenvalue weighted by Gasteiger charge is -2.36. The van der Waals surface area contributed by atoms with Crippen molar-refractivity contribution < 1.29 is 47.8 Å². The van der Waals surface area contributed by atoms with Crippen molar-refractivity contribution in [3.63, 3.8) is 0 Å². The van der Waals surface area contributed by atoms with Crippen molar-refractivity contribution in [1.29, 1.82) is 0 Å². The van der Waals surface area contributed by atoms with E-state index >= 15 is 4.39 Å². The van der Waals surface area contributed by atoms with Gasteiger partial charge in [-0.15, -0.1) is 0 Å². The maximum Gasteiger partial charge on any atom is 0.159 e. The van der Waals surface area contributed by atoms with Crippen LogP contribution in [0.1, 0.15) is 134 Å². The van der Waals surface area contributed by atoms with Crippen LogP contribution in [-0.4, -0.2) is 275 Å². The van der Waals surface area contributed by atoms with Crippen LogP contribution in [0.25, 0.3) is 50.2 Å². The van der Waals surface area contributed by atoms with Crippen molar-refractivity contribution in [3.05, 3.63) is 124 Å². The van der Waals surface area contributed by atoms with Crippen molar-refractivity contribution >= 4 is 50.2 Å². The molecule has 8 unspecified atom stereocenters. The molecule has 108 heavy (non-hydrogen) atoms. The summed E-state index contributed by atoms with van der Waals surface area (Å²) in [5.74, 6) is 7.51. The van der Waals surface area contributed by atoms with E-state index < -0.39 is 37.8 Å². The molecule has 6 fully saturated rings. The van der Waals surface area contributed by atoms with Gasteiger partial charge >= 0.3 is 0 Å². The predicted molar refractivity (Wildman–Crippen MR) is 413 cm³/mol. The first-order valence-corrected chi connectivity index (χ1v) is 38.9. The second kappa shape index (κ2) is 35.4. The lowest BCUT2D eigenvalue weighted by atomic mass is 9.85. The van der Waals surface area contributed by atoms with E-state index in [0.717, 1.165) is 182 Å². The molecule has 15 rings (SSSR count). The predicted octanol–water partition coefficient (Wildman–Crippen LogP) is 9.25. The Labute approximate surface area is 631 Å². The monoisotopic (exact) mass is 1490 g/mol. The molecule has 9 aromatic rings. The molecular weight excluding hydrogens is 1380 g/mol. The summed E-state index contributed by atoms with van der Waals surface area (Å²) >= 11 is 0. The Balaban J connectivity index is 0.000000143. The molecule has 25 nitrogen and oxygen atoms in total. The fraction of sp³-hybridized carbons (Fsp3) is 0.588. The Morgan fingerprint density at radius 3 is 1.23 bits per heavy atom. The molecule has 0 bridgehead atoms. The van der Waals surface area contributed by atoms with E-state index in [1.54, 1.807) is 11.6 Å². The van der Waals surface area contributed by atoms with Gasteiger partial charge in [0.2, 0.25) is 0 Å². The Bertz CT molecular complexity index is 4300. The molecule has 28 heteroatoms. The number of hydrogen-bond donors (Lipinski definition) is 4. The first kappa shape index (κ1) is 78.2. The van der Waals surface area contributed by atoms with Crippen molar-refractivity contribution in [2.45, 2.75) is 168 Å². The van der Waals surface area contributed by atoms with Crippen LogP contribution in [0.4, 0.5) is 30.6 Å². The van der Waals surface area contributed by atoms with Crippen LogP contribution in [0.15, 0.2) is 73.2 Å². The minimum atomic E-state index is -1.17. The Morgan fingerprint density at radius 1 is 0.463 bits per heavy atom. The van der Waals surface area contributed by atoms with Gasteiger partial charge in [-0.05, 0) is 208 Å². The first-order chi connectivity index (χ1) is 52.2. The summed E-state index contributed by atoms with van der Waals surface area (Å²) in [4.78, 5) is 41.2. The van der Waals surface area contributed by atoms with E-state index in [1.165, 1.54) is 22.3 Å². The molecule has 6 aliphatic rings. The van der Waals surface area contributed by atoms with Gasteiger partial charge in [0.05, 0.1) is 98.7 Å². The Kier molecular flexibility index (Phi) is 25.7. The van der Waals surface area contributed by atoms with Gasteiger partial charge in [0, 0.05) is 106 Å². The van der Waals surface area contributed by atoms with Crippen LogP contribution in [0.5, 0.6) is 0 Å². The van der Waals surface area contributed by atoms with Gasteiger partial charge in [0.1, 0.15) is 53.9 Å². The number of ether oxygens (including phenoxy) is 3. The summed E-state index contributed by atoms with van der Waals surface area (Å²) in [6.07, 6.45) is 8.92. The standard InChI is InChI=1S/2C27H37FN6O2.C26H35FN6O3/c1-4-23-17-33(9-10-36-23)26-13-27(31-19(3)30-26)34-25-12-24(18(2)11-21(25)15-29-34)20-5-7-32(8-6-20)16-22(35)14-28;1-4-23-16-33(9-10-36-23)26-13-27(31-19(3)30-26)34-25-12-24(18(2)11-21(25)14-29-34)20-5-7-32(8-6-20)15-22(28)17-35;1-16-8-19-11-28-33(24(19)9-22(16)21-4-5-31(12-17(2)35)14-23(21)27)26-10-25(29-18(3)30-26)32-6-7-36-20(13-32)15-34/h11-13,15,20,22-23,35H,4-10,14,16-17H2,1-3H3;11-14,20,22-23,35H,4-10,15-17H2,1-3H3;8-11,17,20-21,23,34-35H,4-7,12-15H2,1-3H3. The molecule has 0 amide bonds. The second-order valence-corrected chi connectivity index (χ2v) is 30.4. The van der Waals surface area contributed by atoms with Crippen LogP contribution < -0.4 is 14.7 Å². The third-order valence-corrected chi connectivity index (χ3v) is 22.4. The number of aliphatic hydroxyl groups excluding tert-OH is 4. The van der Waals surface area contributed by atoms with Crippen molar-refractivity contribution in [3.8, 4) is 17.5 Å². The zero-order valence-corrected chi connectivity index (χ0v) is 64.2. The van der Waals surface area contributed by atoms with E-state index in [2.05, 4.69) is 104 Å². The van der Waals surface area contributed by atoms with Crippen molar-refractivity contribution in [2.75, 3.05) is 153 Å². The number of piperidine rings is 3.